The molecule has 250 valence electrons. The number of carbonyl (C=O) groups excluding carboxylic acids is 1. The van der Waals surface area contributed by atoms with Crippen LogP contribution >= 0.6 is 11.6 Å². The predicted molar refractivity (Wildman–Crippen MR) is 185 cm³/mol. The molecule has 13 heteroatoms. The molecule has 4 aromatic rings. The van der Waals surface area contributed by atoms with E-state index in [1.165, 1.54) is 31.2 Å². The van der Waals surface area contributed by atoms with Crippen molar-refractivity contribution in [3.8, 4) is 16.9 Å². The normalized spacial score (nSPS) is 17.3. The van der Waals surface area contributed by atoms with Gasteiger partial charge < -0.3 is 20.5 Å². The maximum Gasteiger partial charge on any atom is 0.303 e. The number of aryl methyl sites for hydroxylation is 1. The minimum Gasteiger partial charge on any atom is -0.487 e. The minimum atomic E-state index is -4.35. The second-order valence-corrected chi connectivity index (χ2v) is 14.1. The van der Waals surface area contributed by atoms with Gasteiger partial charge in [-0.2, -0.15) is 0 Å². The average Bonchev–Trinajstić information content (AvgIpc) is 3.42. The van der Waals surface area contributed by atoms with E-state index in [4.69, 9.17) is 31.8 Å². The van der Waals surface area contributed by atoms with Crippen molar-refractivity contribution in [3.05, 3.63) is 88.5 Å². The molecule has 2 aliphatic rings. The van der Waals surface area contributed by atoms with Crippen LogP contribution in [-0.2, 0) is 26.0 Å². The van der Waals surface area contributed by atoms with Crippen LogP contribution in [0.2, 0.25) is 5.02 Å². The Morgan fingerprint density at radius 1 is 1.23 bits per heavy atom. The van der Waals surface area contributed by atoms with Crippen molar-refractivity contribution in [1.29, 1.82) is 0 Å². The number of allylic oxidation sites excluding steroid dienone is 2. The third-order valence-electron chi connectivity index (χ3n) is 8.41. The molecular formula is C35H35ClFN5O5S. The molecule has 1 aliphatic heterocycles. The second-order valence-electron chi connectivity index (χ2n) is 12.0. The molecule has 2 heterocycles. The molecule has 0 amide bonds. The Morgan fingerprint density at radius 2 is 2.02 bits per heavy atom. The number of nitrogens with two attached hydrogens (primary N) is 1. The van der Waals surface area contributed by atoms with Crippen LogP contribution < -0.4 is 20.5 Å². The van der Waals surface area contributed by atoms with Gasteiger partial charge in [0.2, 0.25) is 5.95 Å². The number of fused-ring (bicyclic) bond motifs is 2. The highest BCUT2D eigenvalue weighted by molar-refractivity contribution is 7.92. The summed E-state index contributed by atoms with van der Waals surface area (Å²) < 4.78 is 57.2. The van der Waals surface area contributed by atoms with Gasteiger partial charge in [-0.1, -0.05) is 31.2 Å². The molecule has 48 heavy (non-hydrogen) atoms. The molecule has 10 nitrogen and oxygen atoms in total. The quantitative estimate of drug-likeness (QED) is 0.154. The van der Waals surface area contributed by atoms with E-state index < -0.39 is 27.9 Å². The van der Waals surface area contributed by atoms with Crippen LogP contribution in [-0.4, -0.2) is 37.0 Å². The largest absolute Gasteiger partial charge is 0.487 e. The Morgan fingerprint density at radius 3 is 2.71 bits per heavy atom. The molecule has 2 atom stereocenters. The monoisotopic (exact) mass is 691 g/mol. The molecule has 0 spiro atoms. The number of esters is 1. The molecule has 0 radical (unpaired) electrons. The van der Waals surface area contributed by atoms with Crippen LogP contribution in [0.3, 0.4) is 0 Å². The van der Waals surface area contributed by atoms with E-state index >= 15 is 4.39 Å². The molecule has 0 fully saturated rings. The van der Waals surface area contributed by atoms with Crippen LogP contribution in [0, 0.1) is 5.82 Å². The minimum absolute atomic E-state index is 0.0254. The summed E-state index contributed by atoms with van der Waals surface area (Å²) in [4.78, 5) is 20.7. The van der Waals surface area contributed by atoms with E-state index in [1.807, 2.05) is 19.1 Å². The van der Waals surface area contributed by atoms with Crippen molar-refractivity contribution < 1.29 is 27.1 Å². The van der Waals surface area contributed by atoms with E-state index in [0.29, 0.717) is 34.5 Å². The summed E-state index contributed by atoms with van der Waals surface area (Å²) in [6.45, 7) is 8.91. The summed E-state index contributed by atoms with van der Waals surface area (Å²) in [5, 5.41) is 4.21. The van der Waals surface area contributed by atoms with Gasteiger partial charge in [0.25, 0.3) is 10.0 Å². The predicted octanol–water partition coefficient (Wildman–Crippen LogP) is 7.29. The zero-order valence-electron chi connectivity index (χ0n) is 26.7. The standard InChI is InChI=1S/C35H35ClFN5O5S/c1-5-20-12-21(13-22-16-39-35(41-33(20)22)40-25-8-6-24(38)7-9-25)32-27(37)10-11-28(31(32)18(2)3)42-48(44,45)30-15-23(36)14-26-29(47-19(4)43)17-46-34(26)30/h6,10-16,25,29,42H,2,5,7-9,17,38H2,1,3-4H3,(H,39,40,41)/t25-,29+/m0/s1. The summed E-state index contributed by atoms with van der Waals surface area (Å²) in [6, 6.07) is 9.14. The Hall–Kier alpha value is -4.68. The topological polar surface area (TPSA) is 146 Å². The van der Waals surface area contributed by atoms with Gasteiger partial charge in [-0.3, -0.25) is 9.52 Å². The molecular weight excluding hydrogens is 657 g/mol. The lowest BCUT2D eigenvalue weighted by molar-refractivity contribution is -0.147. The van der Waals surface area contributed by atoms with E-state index in [0.717, 1.165) is 36.0 Å². The van der Waals surface area contributed by atoms with Gasteiger partial charge in [0.15, 0.2) is 6.10 Å². The number of ether oxygens (including phenoxy) is 2. The molecule has 6 rings (SSSR count). The van der Waals surface area contributed by atoms with Crippen LogP contribution in [0.15, 0.2) is 65.8 Å². The molecule has 3 aromatic carbocycles. The number of aromatic nitrogens is 2. The molecule has 0 bridgehead atoms. The summed E-state index contributed by atoms with van der Waals surface area (Å²) in [7, 11) is -4.35. The highest BCUT2D eigenvalue weighted by Crippen LogP contribution is 2.44. The number of hydrogen-bond acceptors (Lipinski definition) is 9. The lowest BCUT2D eigenvalue weighted by atomic mass is 9.91. The number of nitrogens with one attached hydrogen (secondary N) is 2. The van der Waals surface area contributed by atoms with Crippen LogP contribution in [0.25, 0.3) is 27.6 Å². The van der Waals surface area contributed by atoms with Crippen LogP contribution in [0.5, 0.6) is 5.75 Å². The van der Waals surface area contributed by atoms with E-state index in [1.54, 1.807) is 19.2 Å². The van der Waals surface area contributed by atoms with Crippen molar-refractivity contribution in [2.45, 2.75) is 63.5 Å². The summed E-state index contributed by atoms with van der Waals surface area (Å²) in [6.07, 6.45) is 6.00. The molecule has 1 aromatic heterocycles. The number of rotatable bonds is 9. The van der Waals surface area contributed by atoms with Gasteiger partial charge in [-0.15, -0.1) is 0 Å². The van der Waals surface area contributed by atoms with Crippen LogP contribution in [0.4, 0.5) is 16.0 Å². The summed E-state index contributed by atoms with van der Waals surface area (Å²) in [5.41, 5.74) is 10.3. The third kappa shape index (κ3) is 6.54. The van der Waals surface area contributed by atoms with Crippen molar-refractivity contribution in [1.82, 2.24) is 9.97 Å². The number of benzene rings is 3. The molecule has 0 saturated heterocycles. The zero-order valence-corrected chi connectivity index (χ0v) is 28.3. The third-order valence-corrected chi connectivity index (χ3v) is 10.00. The fourth-order valence-corrected chi connectivity index (χ4v) is 7.75. The van der Waals surface area contributed by atoms with Gasteiger partial charge in [0.1, 0.15) is 23.1 Å². The Balaban J connectivity index is 1.39. The van der Waals surface area contributed by atoms with Gasteiger partial charge in [-0.05, 0) is 85.7 Å². The average molecular weight is 692 g/mol. The van der Waals surface area contributed by atoms with Crippen molar-refractivity contribution in [3.63, 3.8) is 0 Å². The van der Waals surface area contributed by atoms with Crippen LogP contribution in [0.1, 0.15) is 62.8 Å². The lowest BCUT2D eigenvalue weighted by Crippen LogP contribution is -2.24. The second kappa shape index (κ2) is 13.1. The van der Waals surface area contributed by atoms with Crippen molar-refractivity contribution in [2.75, 3.05) is 16.6 Å². The first-order valence-corrected chi connectivity index (χ1v) is 17.4. The summed E-state index contributed by atoms with van der Waals surface area (Å²) in [5.74, 6) is -0.574. The van der Waals surface area contributed by atoms with Gasteiger partial charge in [0, 0.05) is 52.0 Å². The first-order chi connectivity index (χ1) is 22.8. The first-order valence-electron chi connectivity index (χ1n) is 15.5. The summed E-state index contributed by atoms with van der Waals surface area (Å²) >= 11 is 6.31. The zero-order chi connectivity index (χ0) is 34.3. The Labute approximate surface area is 283 Å². The smallest absolute Gasteiger partial charge is 0.303 e. The van der Waals surface area contributed by atoms with Crippen molar-refractivity contribution in [2.24, 2.45) is 5.73 Å². The number of sulfonamides is 1. The lowest BCUT2D eigenvalue weighted by Gasteiger charge is -2.22. The van der Waals surface area contributed by atoms with Gasteiger partial charge in [-0.25, -0.2) is 22.8 Å². The number of halogens is 2. The number of anilines is 2. The molecule has 4 N–H and O–H groups in total. The Kier molecular flexibility index (Phi) is 9.06. The van der Waals surface area contributed by atoms with Gasteiger partial charge >= 0.3 is 5.97 Å². The number of hydrogen-bond donors (Lipinski definition) is 3. The van der Waals surface area contributed by atoms with Crippen molar-refractivity contribution >= 4 is 55.7 Å². The number of nitrogens with zero attached hydrogens (tertiary/aromatic N) is 2. The fourth-order valence-electron chi connectivity index (χ4n) is 6.19. The molecule has 1 aliphatic carbocycles. The van der Waals surface area contributed by atoms with E-state index in [2.05, 4.69) is 21.6 Å². The SMILES string of the molecule is C=C(C)c1c(NS(=O)(=O)c2cc(Cl)cc3c2OC[C@H]3OC(C)=O)ccc(F)c1-c1cc(CC)c2nc(N[C@H]3CC=C(N)CC3)ncc2c1. The fraction of sp³-hybridized carbons (Fsp3) is 0.286. The van der Waals surface area contributed by atoms with Gasteiger partial charge in [0.05, 0.1) is 11.2 Å². The highest BCUT2D eigenvalue weighted by atomic mass is 35.5. The molecule has 0 unspecified atom stereocenters. The maximum atomic E-state index is 15.8. The number of carbonyl (C=O) groups is 1. The first kappa shape index (κ1) is 33.2. The molecule has 0 saturated carbocycles. The van der Waals surface area contributed by atoms with E-state index in [-0.39, 0.29) is 45.1 Å². The van der Waals surface area contributed by atoms with E-state index in [9.17, 15) is 13.2 Å². The highest BCUT2D eigenvalue weighted by Gasteiger charge is 2.34. The Bertz CT molecular complexity index is 2120. The maximum absolute atomic E-state index is 15.8.